The summed E-state index contributed by atoms with van der Waals surface area (Å²) in [6, 6.07) is 6.68. The van der Waals surface area contributed by atoms with Gasteiger partial charge in [-0.3, -0.25) is 4.90 Å². The first-order valence-corrected chi connectivity index (χ1v) is 7.79. The summed E-state index contributed by atoms with van der Waals surface area (Å²) in [5.41, 5.74) is 2.15. The molecule has 1 aliphatic rings. The summed E-state index contributed by atoms with van der Waals surface area (Å²) in [6.45, 7) is 4.30. The van der Waals surface area contributed by atoms with Crippen molar-refractivity contribution in [3.8, 4) is 5.75 Å². The van der Waals surface area contributed by atoms with Gasteiger partial charge in [0.25, 0.3) is 0 Å². The Morgan fingerprint density at radius 2 is 2.00 bits per heavy atom. The third-order valence-electron chi connectivity index (χ3n) is 4.40. The molecule has 1 fully saturated rings. The minimum Gasteiger partial charge on any atom is -0.496 e. The van der Waals surface area contributed by atoms with Gasteiger partial charge in [0.2, 0.25) is 0 Å². The molecule has 1 aliphatic carbocycles. The Morgan fingerprint density at radius 3 is 2.60 bits per heavy atom. The van der Waals surface area contributed by atoms with E-state index in [1.807, 2.05) is 12.1 Å². The van der Waals surface area contributed by atoms with E-state index in [2.05, 4.69) is 17.9 Å². The molecule has 0 heterocycles. The van der Waals surface area contributed by atoms with Gasteiger partial charge >= 0.3 is 0 Å². The van der Waals surface area contributed by atoms with E-state index in [9.17, 15) is 5.11 Å². The van der Waals surface area contributed by atoms with Gasteiger partial charge in [-0.05, 0) is 37.1 Å². The zero-order valence-electron chi connectivity index (χ0n) is 12.8. The molecule has 2 rings (SSSR count). The molecule has 0 spiro atoms. The van der Waals surface area contributed by atoms with E-state index in [1.54, 1.807) is 7.11 Å². The van der Waals surface area contributed by atoms with Gasteiger partial charge in [-0.15, -0.1) is 0 Å². The number of nitrogens with zero attached hydrogens (tertiary/aromatic N) is 1. The largest absolute Gasteiger partial charge is 0.496 e. The SMILES string of the molecule is CCN(Cc1cc(CO)ccc1OC)C1CCCCC1. The topological polar surface area (TPSA) is 32.7 Å². The van der Waals surface area contributed by atoms with Crippen molar-refractivity contribution in [3.05, 3.63) is 29.3 Å². The van der Waals surface area contributed by atoms with Crippen molar-refractivity contribution in [2.75, 3.05) is 13.7 Å². The van der Waals surface area contributed by atoms with E-state index in [0.29, 0.717) is 6.04 Å². The number of aliphatic hydroxyl groups is 1. The predicted molar refractivity (Wildman–Crippen MR) is 81.9 cm³/mol. The molecule has 20 heavy (non-hydrogen) atoms. The molecular formula is C17H27NO2. The second-order valence-corrected chi connectivity index (χ2v) is 5.66. The normalized spacial score (nSPS) is 16.6. The van der Waals surface area contributed by atoms with Gasteiger partial charge in [0.15, 0.2) is 0 Å². The second-order valence-electron chi connectivity index (χ2n) is 5.66. The summed E-state index contributed by atoms with van der Waals surface area (Å²) < 4.78 is 5.47. The molecule has 3 nitrogen and oxygen atoms in total. The number of methoxy groups -OCH3 is 1. The summed E-state index contributed by atoms with van der Waals surface area (Å²) in [4.78, 5) is 2.55. The third-order valence-corrected chi connectivity index (χ3v) is 4.40. The van der Waals surface area contributed by atoms with Crippen molar-refractivity contribution in [2.24, 2.45) is 0 Å². The van der Waals surface area contributed by atoms with E-state index < -0.39 is 0 Å². The smallest absolute Gasteiger partial charge is 0.123 e. The van der Waals surface area contributed by atoms with E-state index >= 15 is 0 Å². The fourth-order valence-corrected chi connectivity index (χ4v) is 3.22. The molecule has 1 saturated carbocycles. The molecule has 1 N–H and O–H groups in total. The molecule has 0 aliphatic heterocycles. The standard InChI is InChI=1S/C17H27NO2/c1-3-18(16-7-5-4-6-8-16)12-15-11-14(13-19)9-10-17(15)20-2/h9-11,16,19H,3-8,12-13H2,1-2H3. The van der Waals surface area contributed by atoms with Crippen molar-refractivity contribution < 1.29 is 9.84 Å². The van der Waals surface area contributed by atoms with E-state index in [0.717, 1.165) is 24.4 Å². The van der Waals surface area contributed by atoms with Crippen LogP contribution in [0, 0.1) is 0 Å². The number of rotatable bonds is 6. The molecule has 3 heteroatoms. The number of hydrogen-bond acceptors (Lipinski definition) is 3. The molecule has 0 amide bonds. The number of hydrogen-bond donors (Lipinski definition) is 1. The number of aliphatic hydroxyl groups excluding tert-OH is 1. The highest BCUT2D eigenvalue weighted by molar-refractivity contribution is 5.37. The highest BCUT2D eigenvalue weighted by atomic mass is 16.5. The fourth-order valence-electron chi connectivity index (χ4n) is 3.22. The van der Waals surface area contributed by atoms with Gasteiger partial charge < -0.3 is 9.84 Å². The van der Waals surface area contributed by atoms with Crippen LogP contribution >= 0.6 is 0 Å². The van der Waals surface area contributed by atoms with Crippen molar-refractivity contribution in [1.29, 1.82) is 0 Å². The van der Waals surface area contributed by atoms with Crippen LogP contribution < -0.4 is 4.74 Å². The highest BCUT2D eigenvalue weighted by Crippen LogP contribution is 2.27. The molecule has 0 atom stereocenters. The summed E-state index contributed by atoms with van der Waals surface area (Å²) in [6.07, 6.45) is 6.73. The minimum atomic E-state index is 0.0898. The van der Waals surface area contributed by atoms with Gasteiger partial charge in [-0.25, -0.2) is 0 Å². The van der Waals surface area contributed by atoms with Crippen LogP contribution in [0.1, 0.15) is 50.2 Å². The van der Waals surface area contributed by atoms with Crippen LogP contribution in [0.5, 0.6) is 5.75 Å². The van der Waals surface area contributed by atoms with Gasteiger partial charge in [-0.1, -0.05) is 32.3 Å². The summed E-state index contributed by atoms with van der Waals surface area (Å²) in [5, 5.41) is 9.31. The van der Waals surface area contributed by atoms with Gasteiger partial charge in [-0.2, -0.15) is 0 Å². The quantitative estimate of drug-likeness (QED) is 0.865. The van der Waals surface area contributed by atoms with Gasteiger partial charge in [0.05, 0.1) is 13.7 Å². The first kappa shape index (κ1) is 15.3. The number of benzene rings is 1. The van der Waals surface area contributed by atoms with E-state index in [4.69, 9.17) is 4.74 Å². The lowest BCUT2D eigenvalue weighted by Crippen LogP contribution is -2.36. The van der Waals surface area contributed by atoms with Crippen LogP contribution in [-0.2, 0) is 13.2 Å². The van der Waals surface area contributed by atoms with Crippen molar-refractivity contribution in [2.45, 2.75) is 58.2 Å². The summed E-state index contributed by atoms with van der Waals surface area (Å²) in [7, 11) is 1.72. The molecule has 0 bridgehead atoms. The summed E-state index contributed by atoms with van der Waals surface area (Å²) >= 11 is 0. The molecule has 112 valence electrons. The first-order valence-electron chi connectivity index (χ1n) is 7.79. The first-order chi connectivity index (χ1) is 9.78. The van der Waals surface area contributed by atoms with Crippen LogP contribution in [-0.4, -0.2) is 29.7 Å². The molecule has 0 saturated heterocycles. The second kappa shape index (κ2) is 7.65. The lowest BCUT2D eigenvalue weighted by Gasteiger charge is -2.34. The van der Waals surface area contributed by atoms with Crippen LogP contribution in [0.15, 0.2) is 18.2 Å². The zero-order chi connectivity index (χ0) is 14.4. The van der Waals surface area contributed by atoms with Gasteiger partial charge in [0.1, 0.15) is 5.75 Å². The van der Waals surface area contributed by atoms with Crippen molar-refractivity contribution in [3.63, 3.8) is 0 Å². The number of ether oxygens (including phenoxy) is 1. The Labute approximate surface area is 122 Å². The zero-order valence-corrected chi connectivity index (χ0v) is 12.8. The Kier molecular flexibility index (Phi) is 5.86. The lowest BCUT2D eigenvalue weighted by atomic mass is 9.93. The minimum absolute atomic E-state index is 0.0898. The molecule has 1 aromatic carbocycles. The Hall–Kier alpha value is -1.06. The Morgan fingerprint density at radius 1 is 1.25 bits per heavy atom. The maximum atomic E-state index is 9.31. The van der Waals surface area contributed by atoms with Crippen molar-refractivity contribution in [1.82, 2.24) is 4.90 Å². The maximum absolute atomic E-state index is 9.31. The maximum Gasteiger partial charge on any atom is 0.123 e. The molecule has 0 aromatic heterocycles. The van der Waals surface area contributed by atoms with Gasteiger partial charge in [0, 0.05) is 18.2 Å². The van der Waals surface area contributed by atoms with Crippen LogP contribution in [0.3, 0.4) is 0 Å². The van der Waals surface area contributed by atoms with E-state index in [1.165, 1.54) is 37.7 Å². The molecule has 1 aromatic rings. The van der Waals surface area contributed by atoms with Crippen LogP contribution in [0.4, 0.5) is 0 Å². The third kappa shape index (κ3) is 3.74. The summed E-state index contributed by atoms with van der Waals surface area (Å²) in [5.74, 6) is 0.927. The average molecular weight is 277 g/mol. The van der Waals surface area contributed by atoms with E-state index in [-0.39, 0.29) is 6.61 Å². The monoisotopic (exact) mass is 277 g/mol. The molecular weight excluding hydrogens is 250 g/mol. The molecule has 0 radical (unpaired) electrons. The predicted octanol–water partition coefficient (Wildman–Crippen LogP) is 3.34. The molecule has 0 unspecified atom stereocenters. The fraction of sp³-hybridized carbons (Fsp3) is 0.647. The van der Waals surface area contributed by atoms with Crippen LogP contribution in [0.2, 0.25) is 0 Å². The van der Waals surface area contributed by atoms with Crippen LogP contribution in [0.25, 0.3) is 0 Å². The Balaban J connectivity index is 2.12. The highest BCUT2D eigenvalue weighted by Gasteiger charge is 2.21. The average Bonchev–Trinajstić information content (AvgIpc) is 2.53. The lowest BCUT2D eigenvalue weighted by molar-refractivity contribution is 0.154. The van der Waals surface area contributed by atoms with Crippen molar-refractivity contribution >= 4 is 0 Å². The Bertz CT molecular complexity index is 413.